The monoisotopic (exact) mass is 298 g/mol. The molecule has 0 spiro atoms. The van der Waals surface area contributed by atoms with Gasteiger partial charge in [0.2, 0.25) is 0 Å². The summed E-state index contributed by atoms with van der Waals surface area (Å²) in [7, 11) is 0. The lowest BCUT2D eigenvalue weighted by Crippen LogP contribution is -2.17. The number of fused-ring (bicyclic) bond motifs is 1. The van der Waals surface area contributed by atoms with E-state index in [0.717, 1.165) is 22.4 Å². The molecule has 0 saturated carbocycles. The van der Waals surface area contributed by atoms with E-state index in [1.54, 1.807) is 0 Å². The number of hydrogen-bond donors (Lipinski definition) is 1. The summed E-state index contributed by atoms with van der Waals surface area (Å²) in [5.41, 5.74) is 2.81. The fourth-order valence-corrected chi connectivity index (χ4v) is 2.69. The fraction of sp³-hybridized carbons (Fsp3) is 0.278. The first kappa shape index (κ1) is 14.4. The average Bonchev–Trinajstić information content (AvgIpc) is 2.52. The number of aryl methyl sites for hydroxylation is 1. The van der Waals surface area contributed by atoms with Crippen molar-refractivity contribution in [3.63, 3.8) is 0 Å². The molecule has 3 rings (SSSR count). The summed E-state index contributed by atoms with van der Waals surface area (Å²) in [4.78, 5) is 11.6. The summed E-state index contributed by atoms with van der Waals surface area (Å²) >= 11 is 0. The third kappa shape index (κ3) is 3.06. The number of carboxylic acids is 1. The number of rotatable bonds is 4. The van der Waals surface area contributed by atoms with Gasteiger partial charge in [0.25, 0.3) is 0 Å². The molecule has 1 aliphatic heterocycles. The third-order valence-corrected chi connectivity index (χ3v) is 3.79. The lowest BCUT2D eigenvalue weighted by Gasteiger charge is -2.20. The lowest BCUT2D eigenvalue weighted by molar-refractivity contribution is -0.138. The van der Waals surface area contributed by atoms with Gasteiger partial charge in [-0.15, -0.1) is 0 Å². The van der Waals surface area contributed by atoms with E-state index < -0.39 is 11.9 Å². The molecule has 0 bridgehead atoms. The molecule has 0 fully saturated rings. The Labute approximate surface area is 129 Å². The second-order valence-corrected chi connectivity index (χ2v) is 5.49. The van der Waals surface area contributed by atoms with E-state index in [2.05, 4.69) is 0 Å². The van der Waals surface area contributed by atoms with Crippen molar-refractivity contribution in [2.45, 2.75) is 19.3 Å². The van der Waals surface area contributed by atoms with E-state index in [9.17, 15) is 9.90 Å². The Kier molecular flexibility index (Phi) is 4.00. The molecule has 114 valence electrons. The fourth-order valence-electron chi connectivity index (χ4n) is 2.69. The molecule has 4 heteroatoms. The predicted octanol–water partition coefficient (Wildman–Crippen LogP) is 3.18. The van der Waals surface area contributed by atoms with E-state index in [1.165, 1.54) is 0 Å². The lowest BCUT2D eigenvalue weighted by atomic mass is 9.91. The zero-order valence-electron chi connectivity index (χ0n) is 12.4. The smallest absolute Gasteiger partial charge is 0.311 e. The van der Waals surface area contributed by atoms with Crippen LogP contribution in [0.15, 0.2) is 42.5 Å². The molecule has 1 aliphatic rings. The largest absolute Gasteiger partial charge is 0.486 e. The summed E-state index contributed by atoms with van der Waals surface area (Å²) in [6.45, 7) is 3.04. The quantitative estimate of drug-likeness (QED) is 0.942. The van der Waals surface area contributed by atoms with Crippen molar-refractivity contribution in [2.75, 3.05) is 13.2 Å². The van der Waals surface area contributed by atoms with Crippen LogP contribution in [-0.2, 0) is 11.2 Å². The second-order valence-electron chi connectivity index (χ2n) is 5.49. The van der Waals surface area contributed by atoms with Crippen LogP contribution in [0, 0.1) is 6.92 Å². The van der Waals surface area contributed by atoms with Gasteiger partial charge in [0.1, 0.15) is 13.2 Å². The molecule has 1 unspecified atom stereocenters. The molecule has 1 N–H and O–H groups in total. The van der Waals surface area contributed by atoms with Crippen molar-refractivity contribution in [3.05, 3.63) is 59.2 Å². The number of carbonyl (C=O) groups is 1. The van der Waals surface area contributed by atoms with Gasteiger partial charge in [-0.25, -0.2) is 0 Å². The molecule has 0 aromatic heterocycles. The highest BCUT2D eigenvalue weighted by Gasteiger charge is 2.21. The molecule has 0 saturated heterocycles. The van der Waals surface area contributed by atoms with Gasteiger partial charge in [0.15, 0.2) is 11.5 Å². The van der Waals surface area contributed by atoms with Crippen molar-refractivity contribution in [1.29, 1.82) is 0 Å². The Morgan fingerprint density at radius 3 is 2.64 bits per heavy atom. The Morgan fingerprint density at radius 2 is 1.91 bits per heavy atom. The highest BCUT2D eigenvalue weighted by molar-refractivity contribution is 5.76. The minimum Gasteiger partial charge on any atom is -0.486 e. The summed E-state index contributed by atoms with van der Waals surface area (Å²) in [6, 6.07) is 13.3. The molecule has 0 amide bonds. The molecule has 1 heterocycles. The van der Waals surface area contributed by atoms with Crippen LogP contribution in [0.3, 0.4) is 0 Å². The molecule has 1 atom stereocenters. The summed E-state index contributed by atoms with van der Waals surface area (Å²) in [5, 5.41) is 9.56. The highest BCUT2D eigenvalue weighted by Crippen LogP contribution is 2.32. The van der Waals surface area contributed by atoms with Crippen molar-refractivity contribution in [3.8, 4) is 11.5 Å². The van der Waals surface area contributed by atoms with Crippen LogP contribution in [0.5, 0.6) is 11.5 Å². The van der Waals surface area contributed by atoms with Crippen molar-refractivity contribution in [2.24, 2.45) is 0 Å². The van der Waals surface area contributed by atoms with Crippen molar-refractivity contribution >= 4 is 5.97 Å². The Balaban J connectivity index is 1.86. The maximum atomic E-state index is 11.6. The van der Waals surface area contributed by atoms with E-state index >= 15 is 0 Å². The molecule has 4 nitrogen and oxygen atoms in total. The van der Waals surface area contributed by atoms with E-state index in [-0.39, 0.29) is 0 Å². The summed E-state index contributed by atoms with van der Waals surface area (Å²) < 4.78 is 11.0. The van der Waals surface area contributed by atoms with Crippen molar-refractivity contribution < 1.29 is 19.4 Å². The normalized spacial score (nSPS) is 14.4. The second kappa shape index (κ2) is 6.10. The number of hydrogen-bond acceptors (Lipinski definition) is 3. The molecule has 2 aromatic carbocycles. The molecular weight excluding hydrogens is 280 g/mol. The number of ether oxygens (including phenoxy) is 2. The highest BCUT2D eigenvalue weighted by atomic mass is 16.6. The molecule has 0 radical (unpaired) electrons. The van der Waals surface area contributed by atoms with E-state index in [0.29, 0.717) is 25.4 Å². The maximum Gasteiger partial charge on any atom is 0.311 e. The van der Waals surface area contributed by atoms with Crippen molar-refractivity contribution in [1.82, 2.24) is 0 Å². The van der Waals surface area contributed by atoms with Gasteiger partial charge in [-0.05, 0) is 36.6 Å². The van der Waals surface area contributed by atoms with Crippen LogP contribution < -0.4 is 9.47 Å². The van der Waals surface area contributed by atoms with Gasteiger partial charge >= 0.3 is 5.97 Å². The van der Waals surface area contributed by atoms with Gasteiger partial charge in [0, 0.05) is 0 Å². The minimum absolute atomic E-state index is 0.426. The predicted molar refractivity (Wildman–Crippen MR) is 82.7 cm³/mol. The van der Waals surface area contributed by atoms with E-state index in [4.69, 9.17) is 9.47 Å². The molecule has 22 heavy (non-hydrogen) atoms. The first-order chi connectivity index (χ1) is 10.6. The number of aliphatic carboxylic acids is 1. The standard InChI is InChI=1S/C18H18O4/c1-12-3-2-4-14(9-12)15(18(19)20)10-13-5-6-16-17(11-13)22-8-7-21-16/h2-6,9,11,15H,7-8,10H2,1H3,(H,19,20). The van der Waals surface area contributed by atoms with Crippen LogP contribution in [0.4, 0.5) is 0 Å². The first-order valence-corrected chi connectivity index (χ1v) is 7.31. The van der Waals surface area contributed by atoms with Crippen LogP contribution in [-0.4, -0.2) is 24.3 Å². The maximum absolute atomic E-state index is 11.6. The first-order valence-electron chi connectivity index (χ1n) is 7.31. The van der Waals surface area contributed by atoms with Gasteiger partial charge in [-0.1, -0.05) is 35.9 Å². The van der Waals surface area contributed by atoms with Crippen LogP contribution in [0.25, 0.3) is 0 Å². The van der Waals surface area contributed by atoms with Crippen LogP contribution in [0.1, 0.15) is 22.6 Å². The number of carboxylic acid groups (broad SMARTS) is 1. The average molecular weight is 298 g/mol. The number of benzene rings is 2. The third-order valence-electron chi connectivity index (χ3n) is 3.79. The van der Waals surface area contributed by atoms with Crippen LogP contribution in [0.2, 0.25) is 0 Å². The topological polar surface area (TPSA) is 55.8 Å². The molecular formula is C18H18O4. The van der Waals surface area contributed by atoms with Gasteiger partial charge in [-0.3, -0.25) is 4.79 Å². The van der Waals surface area contributed by atoms with Gasteiger partial charge < -0.3 is 14.6 Å². The molecule has 0 aliphatic carbocycles. The van der Waals surface area contributed by atoms with E-state index in [1.807, 2.05) is 49.4 Å². The summed E-state index contributed by atoms with van der Waals surface area (Å²) in [5.74, 6) is 0.0255. The Morgan fingerprint density at radius 1 is 1.14 bits per heavy atom. The van der Waals surface area contributed by atoms with Crippen LogP contribution >= 0.6 is 0 Å². The Hall–Kier alpha value is -2.49. The van der Waals surface area contributed by atoms with Gasteiger partial charge in [0.05, 0.1) is 5.92 Å². The zero-order chi connectivity index (χ0) is 15.5. The minimum atomic E-state index is -0.819. The SMILES string of the molecule is Cc1cccc(C(Cc2ccc3c(c2)OCCO3)C(=O)O)c1. The zero-order valence-corrected chi connectivity index (χ0v) is 12.4. The Bertz CT molecular complexity index is 693. The summed E-state index contributed by atoms with van der Waals surface area (Å²) in [6.07, 6.45) is 0.426. The molecule has 2 aromatic rings. The van der Waals surface area contributed by atoms with Gasteiger partial charge in [-0.2, -0.15) is 0 Å².